The number of ketones is 2. The molecule has 10 rings (SSSR count). The number of hydrogen-bond donors (Lipinski definition) is 4. The van der Waals surface area contributed by atoms with E-state index in [-0.39, 0.29) is 70.6 Å². The number of amides is 6. The Hall–Kier alpha value is -8.05. The van der Waals surface area contributed by atoms with Gasteiger partial charge in [0.25, 0.3) is 11.8 Å². The quantitative estimate of drug-likeness (QED) is 0.0228. The van der Waals surface area contributed by atoms with E-state index >= 15 is 0 Å². The molecule has 0 aliphatic carbocycles. The maximum atomic E-state index is 13.9. The van der Waals surface area contributed by atoms with Crippen LogP contribution in [-0.2, 0) is 89.3 Å². The molecule has 8 aliphatic heterocycles. The van der Waals surface area contributed by atoms with Crippen LogP contribution in [0.15, 0.2) is 63.9 Å². The van der Waals surface area contributed by atoms with E-state index in [1.54, 1.807) is 106 Å². The van der Waals surface area contributed by atoms with Crippen molar-refractivity contribution >= 4 is 94.4 Å². The van der Waals surface area contributed by atoms with E-state index in [0.717, 1.165) is 17.5 Å². The predicted molar refractivity (Wildman–Crippen MR) is 447 cm³/mol. The lowest BCUT2D eigenvalue weighted by Gasteiger charge is -2.46. The molecule has 8 aliphatic rings. The number of aryl methyl sites for hydroxylation is 2. The van der Waals surface area contributed by atoms with Crippen LogP contribution in [0, 0.1) is 34.5 Å². The number of benzene rings is 1. The van der Waals surface area contributed by atoms with Gasteiger partial charge in [-0.2, -0.15) is 0 Å². The molecular formula is C87H127N9O22S2. The Morgan fingerprint density at radius 1 is 0.583 bits per heavy atom. The van der Waals surface area contributed by atoms with Gasteiger partial charge in [-0.15, -0.1) is 23.5 Å². The number of aromatic nitrogens is 1. The molecule has 664 valence electrons. The second-order valence-corrected chi connectivity index (χ2v) is 37.4. The van der Waals surface area contributed by atoms with Gasteiger partial charge in [0.2, 0.25) is 35.2 Å². The molecule has 16 atom stereocenters. The fourth-order valence-corrected chi connectivity index (χ4v) is 20.6. The van der Waals surface area contributed by atoms with Gasteiger partial charge in [-0.25, -0.2) is 19.2 Å². The molecule has 1 aromatic carbocycles. The highest BCUT2D eigenvalue weighted by Gasteiger charge is 2.62. The summed E-state index contributed by atoms with van der Waals surface area (Å²) in [5.74, 6) is -7.39. The molecule has 6 fully saturated rings. The number of thioether (sulfide) groups is 2. The molecular weight excluding hydrogens is 1590 g/mol. The summed E-state index contributed by atoms with van der Waals surface area (Å²) in [6, 6.07) is 5.96. The number of Topliss-reactive ketones (excluding diaryl/α,β-unsaturated/α-hetero) is 2. The fraction of sp³-hybridized carbons (Fsp3) is 0.690. The summed E-state index contributed by atoms with van der Waals surface area (Å²) in [6.45, 7) is 21.0. The molecule has 2 aromatic rings. The van der Waals surface area contributed by atoms with Gasteiger partial charge in [0, 0.05) is 136 Å². The molecule has 120 heavy (non-hydrogen) atoms. The van der Waals surface area contributed by atoms with Crippen molar-refractivity contribution in [1.29, 1.82) is 0 Å². The third-order valence-electron chi connectivity index (χ3n) is 25.2. The van der Waals surface area contributed by atoms with Crippen LogP contribution in [0.3, 0.4) is 0 Å². The molecule has 9 heterocycles. The molecule has 0 bridgehead atoms. The van der Waals surface area contributed by atoms with Crippen LogP contribution in [0.25, 0.3) is 0 Å². The van der Waals surface area contributed by atoms with E-state index in [9.17, 15) is 78.0 Å². The summed E-state index contributed by atoms with van der Waals surface area (Å²) < 4.78 is 35.4. The number of likely N-dealkylation sites (tertiary alicyclic amines) is 4. The lowest BCUT2D eigenvalue weighted by atomic mass is 9.79. The minimum absolute atomic E-state index is 0.0257. The summed E-state index contributed by atoms with van der Waals surface area (Å²) in [5, 5.41) is 40.6. The number of β-lactam (4-membered cyclic amide) rings is 2. The number of likely N-dealkylation sites (N-methyl/N-ethyl adjacent to an activating group) is 2. The Kier molecular flexibility index (Phi) is 33.8. The second kappa shape index (κ2) is 42.4. The SMILES string of the molecule is CCC(C)(C)C(=O)C(=O)N1CCCC[C@H]1C(=O)O[C@H](CCc1ccc(OC)c(OC)c1)COCCCN1C[C@@H](SC2=C(C(=O)O)N3C(=O)[C@H]([C@@H](C)O)[C@H]3[C@H]2C)C[C@H]1C(=O)N(C)C.CCC(C)(C)C(=O)C(=O)N1CCCC[C@H]1C(=O)O[C@H](CCc1cccnc1)COCCCN1C[C@@H](SC2=C(C(=O)O)N3C(=O)[C@H]([C@@H](C)O)[C@H]3[C@H]2C)C[C@H]1C(=O)N(C)C. The Morgan fingerprint density at radius 3 is 1.37 bits per heavy atom. The zero-order chi connectivity index (χ0) is 88.1. The number of carboxylic acid groups (broad SMARTS) is 2. The highest BCUT2D eigenvalue weighted by Crippen LogP contribution is 2.54. The Bertz CT molecular complexity index is 4100. The van der Waals surface area contributed by atoms with Gasteiger partial charge in [0.1, 0.15) is 35.7 Å². The normalized spacial score (nSPS) is 25.4. The van der Waals surface area contributed by atoms with Crippen molar-refractivity contribution in [2.24, 2.45) is 34.5 Å². The molecule has 0 spiro atoms. The summed E-state index contributed by atoms with van der Waals surface area (Å²) in [4.78, 5) is 176. The molecule has 1 aromatic heterocycles. The van der Waals surface area contributed by atoms with Crippen LogP contribution in [0.4, 0.5) is 0 Å². The average Bonchev–Trinajstić information content (AvgIpc) is 1.55. The van der Waals surface area contributed by atoms with Crippen molar-refractivity contribution in [3.8, 4) is 11.5 Å². The molecule has 31 nitrogen and oxygen atoms in total. The van der Waals surface area contributed by atoms with Crippen molar-refractivity contribution in [3.63, 3.8) is 0 Å². The predicted octanol–water partition coefficient (Wildman–Crippen LogP) is 6.90. The highest BCUT2D eigenvalue weighted by atomic mass is 32.2. The van der Waals surface area contributed by atoms with E-state index in [1.807, 2.05) is 58.0 Å². The lowest BCUT2D eigenvalue weighted by Crippen LogP contribution is -2.63. The van der Waals surface area contributed by atoms with E-state index in [2.05, 4.69) is 14.8 Å². The monoisotopic (exact) mass is 1710 g/mol. The first-order chi connectivity index (χ1) is 56.8. The van der Waals surface area contributed by atoms with Gasteiger partial charge in [0.15, 0.2) is 11.5 Å². The van der Waals surface area contributed by atoms with Crippen LogP contribution in [0.1, 0.15) is 170 Å². The third-order valence-corrected chi connectivity index (χ3v) is 28.2. The van der Waals surface area contributed by atoms with Gasteiger partial charge >= 0.3 is 23.9 Å². The van der Waals surface area contributed by atoms with Gasteiger partial charge < -0.3 is 78.2 Å². The molecule has 4 N–H and O–H groups in total. The smallest absolute Gasteiger partial charge is 0.353 e. The minimum Gasteiger partial charge on any atom is -0.493 e. The number of nitrogens with zero attached hydrogens (tertiary/aromatic N) is 9. The number of esters is 2. The number of aliphatic carboxylic acids is 2. The molecule has 0 saturated carbocycles. The van der Waals surface area contributed by atoms with Gasteiger partial charge in [-0.3, -0.25) is 53.1 Å². The fourth-order valence-electron chi connectivity index (χ4n) is 17.5. The van der Waals surface area contributed by atoms with Gasteiger partial charge in [-0.05, 0) is 146 Å². The van der Waals surface area contributed by atoms with Gasteiger partial charge in [0.05, 0.1) is 75.6 Å². The molecule has 0 radical (unpaired) electrons. The van der Waals surface area contributed by atoms with Crippen molar-refractivity contribution in [2.45, 2.75) is 243 Å². The van der Waals surface area contributed by atoms with Crippen LogP contribution in [-0.4, -0.2) is 315 Å². The van der Waals surface area contributed by atoms with Crippen molar-refractivity contribution < 1.29 is 106 Å². The van der Waals surface area contributed by atoms with E-state index in [4.69, 9.17) is 28.4 Å². The topological polar surface area (TPSA) is 380 Å². The number of aliphatic hydroxyl groups is 2. The highest BCUT2D eigenvalue weighted by molar-refractivity contribution is 8.04. The number of piperidine rings is 2. The second-order valence-electron chi connectivity index (χ2n) is 34.7. The Balaban J connectivity index is 0.000000274. The van der Waals surface area contributed by atoms with Gasteiger partial charge in [-0.1, -0.05) is 67.5 Å². The number of ether oxygens (including phenoxy) is 6. The maximum Gasteiger partial charge on any atom is 0.353 e. The third kappa shape index (κ3) is 22.1. The van der Waals surface area contributed by atoms with E-state index in [1.165, 1.54) is 43.1 Å². The largest absolute Gasteiger partial charge is 0.493 e. The number of pyridine rings is 1. The lowest BCUT2D eigenvalue weighted by molar-refractivity contribution is -0.166. The summed E-state index contributed by atoms with van der Waals surface area (Å²) in [5.41, 5.74) is 0.156. The van der Waals surface area contributed by atoms with Crippen LogP contribution >= 0.6 is 23.5 Å². The van der Waals surface area contributed by atoms with E-state index < -0.39 is 131 Å². The first-order valence-electron chi connectivity index (χ1n) is 42.4. The Labute approximate surface area is 713 Å². The number of carboxylic acids is 2. The van der Waals surface area contributed by atoms with Crippen molar-refractivity contribution in [3.05, 3.63) is 75.1 Å². The van der Waals surface area contributed by atoms with Crippen LogP contribution < -0.4 is 9.47 Å². The van der Waals surface area contributed by atoms with E-state index in [0.29, 0.717) is 170 Å². The molecule has 6 saturated heterocycles. The maximum absolute atomic E-state index is 13.9. The first-order valence-corrected chi connectivity index (χ1v) is 44.2. The zero-order valence-corrected chi connectivity index (χ0v) is 74.3. The van der Waals surface area contributed by atoms with Crippen LogP contribution in [0.2, 0.25) is 0 Å². The summed E-state index contributed by atoms with van der Waals surface area (Å²) >= 11 is 2.83. The standard InChI is InChI=1S/C45H66N4O12S.C42H61N5O10S/c1-10-45(4,5)39(51)42(54)48-20-12-11-14-31(48)44(57)61-29(17-15-28-16-18-33(58-8)34(22-28)59-9)25-60-21-13-19-47-24-30(23-32(47)40(52)46(6)7)62-38-26(2)36-35(27(3)50)41(53)49(36)37(38)43(55)56;1-8-42(4,5)36(49)39(52)46-19-10-9-14-30(46)41(55)57-28(16-15-27-13-11-17-43-22-27)24-56-20-12-18-45-23-29(21-31(45)37(50)44(6)7)58-35-25(2)33-32(26(3)48)38(51)47(33)34(35)40(53)54/h16,18,22,26-27,29-32,35-36,50H,10-15,17,19-21,23-25H2,1-9H3,(H,55,56);11,13,17,22,25-26,28-33,48H,8-10,12,14-16,18-21,23-24H2,1-7H3,(H,53,54)/t26-,27-,29-,30+,31+,32+,35-,36-;25-,26-,28-,29+,30+,31+,32-,33-/m11/s1. The summed E-state index contributed by atoms with van der Waals surface area (Å²) in [6.07, 6.45) is 9.04. The first kappa shape index (κ1) is 95.8. The summed E-state index contributed by atoms with van der Waals surface area (Å²) in [7, 11) is 9.95. The van der Waals surface area contributed by atoms with Crippen molar-refractivity contribution in [2.75, 3.05) is 108 Å². The number of carbonyl (C=O) groups is 12. The van der Waals surface area contributed by atoms with Crippen LogP contribution in [0.5, 0.6) is 11.5 Å². The molecule has 33 heteroatoms. The number of rotatable bonds is 40. The number of aliphatic hydroxyl groups excluding tert-OH is 2. The number of hydrogen-bond acceptors (Lipinski definition) is 25. The number of carbonyl (C=O) groups excluding carboxylic acids is 10. The average molecular weight is 1720 g/mol. The minimum atomic E-state index is -1.18. The molecule has 6 amide bonds. The number of methoxy groups -OCH3 is 2. The van der Waals surface area contributed by atoms with Crippen molar-refractivity contribution in [1.82, 2.24) is 44.2 Å². The zero-order valence-electron chi connectivity index (χ0n) is 72.6. The number of fused-ring (bicyclic) bond motifs is 2. The molecule has 0 unspecified atom stereocenters. The Morgan fingerprint density at radius 2 is 1.00 bits per heavy atom.